The van der Waals surface area contributed by atoms with Gasteiger partial charge in [-0.15, -0.1) is 0 Å². The minimum Gasteiger partial charge on any atom is -0.289 e. The number of ketones is 1. The van der Waals surface area contributed by atoms with Crippen molar-refractivity contribution in [3.63, 3.8) is 0 Å². The number of hydrogen-bond donors (Lipinski definition) is 0. The van der Waals surface area contributed by atoms with Gasteiger partial charge in [-0.3, -0.25) is 4.79 Å². The lowest BCUT2D eigenvalue weighted by atomic mass is 10.0. The van der Waals surface area contributed by atoms with Crippen molar-refractivity contribution >= 4 is 53.6 Å². The number of halogens is 3. The standard InChI is InChI=1S/C14H9Br3O/c1-8-6-13(17)11(7-12(8)16)14(18)9-2-4-10(15)5-3-9/h2-7H,1H3. The molecule has 0 aliphatic carbocycles. The van der Waals surface area contributed by atoms with Gasteiger partial charge in [0.15, 0.2) is 5.78 Å². The van der Waals surface area contributed by atoms with E-state index in [0.29, 0.717) is 11.1 Å². The topological polar surface area (TPSA) is 17.1 Å². The molecule has 0 N–H and O–H groups in total. The number of rotatable bonds is 2. The monoisotopic (exact) mass is 430 g/mol. The van der Waals surface area contributed by atoms with Gasteiger partial charge < -0.3 is 0 Å². The molecule has 0 saturated carbocycles. The summed E-state index contributed by atoms with van der Waals surface area (Å²) in [6, 6.07) is 11.1. The smallest absolute Gasteiger partial charge is 0.194 e. The normalized spacial score (nSPS) is 10.4. The van der Waals surface area contributed by atoms with Crippen LogP contribution in [0.1, 0.15) is 21.5 Å². The fraction of sp³-hybridized carbons (Fsp3) is 0.0714. The maximum absolute atomic E-state index is 12.4. The molecular formula is C14H9Br3O. The Morgan fingerprint density at radius 1 is 0.944 bits per heavy atom. The number of carbonyl (C=O) groups excluding carboxylic acids is 1. The largest absolute Gasteiger partial charge is 0.289 e. The van der Waals surface area contributed by atoms with Crippen molar-refractivity contribution in [1.82, 2.24) is 0 Å². The molecule has 0 spiro atoms. The van der Waals surface area contributed by atoms with Crippen LogP contribution in [0, 0.1) is 6.92 Å². The highest BCUT2D eigenvalue weighted by molar-refractivity contribution is 9.11. The Kier molecular flexibility index (Phi) is 4.41. The maximum atomic E-state index is 12.4. The quantitative estimate of drug-likeness (QED) is 0.571. The van der Waals surface area contributed by atoms with E-state index in [1.165, 1.54) is 0 Å². The molecule has 4 heteroatoms. The first-order chi connectivity index (χ1) is 8.49. The summed E-state index contributed by atoms with van der Waals surface area (Å²) in [5.74, 6) is 0.00933. The molecular weight excluding hydrogens is 424 g/mol. The van der Waals surface area contributed by atoms with Crippen LogP contribution in [0.4, 0.5) is 0 Å². The first kappa shape index (κ1) is 14.0. The average molecular weight is 433 g/mol. The fourth-order valence-electron chi connectivity index (χ4n) is 1.58. The molecule has 2 aromatic carbocycles. The van der Waals surface area contributed by atoms with Gasteiger partial charge in [-0.1, -0.05) is 47.8 Å². The van der Waals surface area contributed by atoms with Gasteiger partial charge in [0.05, 0.1) is 0 Å². The van der Waals surface area contributed by atoms with E-state index in [1.54, 1.807) is 0 Å². The van der Waals surface area contributed by atoms with Crippen LogP contribution in [-0.4, -0.2) is 5.78 Å². The maximum Gasteiger partial charge on any atom is 0.194 e. The van der Waals surface area contributed by atoms with Gasteiger partial charge in [0, 0.05) is 24.5 Å². The van der Waals surface area contributed by atoms with Crippen molar-refractivity contribution in [3.8, 4) is 0 Å². The molecule has 0 saturated heterocycles. The molecule has 0 heterocycles. The van der Waals surface area contributed by atoms with Crippen LogP contribution in [0.25, 0.3) is 0 Å². The van der Waals surface area contributed by atoms with Crippen molar-refractivity contribution < 1.29 is 4.79 Å². The number of aryl methyl sites for hydroxylation is 1. The van der Waals surface area contributed by atoms with E-state index in [1.807, 2.05) is 43.3 Å². The third-order valence-electron chi connectivity index (χ3n) is 2.60. The molecule has 0 radical (unpaired) electrons. The van der Waals surface area contributed by atoms with Crippen LogP contribution >= 0.6 is 47.8 Å². The Hall–Kier alpha value is -0.450. The zero-order valence-electron chi connectivity index (χ0n) is 9.51. The summed E-state index contributed by atoms with van der Waals surface area (Å²) in [7, 11) is 0. The molecule has 0 aliphatic heterocycles. The Morgan fingerprint density at radius 2 is 1.56 bits per heavy atom. The third kappa shape index (κ3) is 2.92. The van der Waals surface area contributed by atoms with Gasteiger partial charge in [0.1, 0.15) is 0 Å². The van der Waals surface area contributed by atoms with Gasteiger partial charge in [0.25, 0.3) is 0 Å². The van der Waals surface area contributed by atoms with E-state index in [9.17, 15) is 4.79 Å². The summed E-state index contributed by atoms with van der Waals surface area (Å²) >= 11 is 10.3. The van der Waals surface area contributed by atoms with E-state index in [0.717, 1.165) is 19.0 Å². The lowest BCUT2D eigenvalue weighted by molar-refractivity contribution is 0.103. The van der Waals surface area contributed by atoms with Gasteiger partial charge >= 0.3 is 0 Å². The van der Waals surface area contributed by atoms with E-state index in [2.05, 4.69) is 47.8 Å². The summed E-state index contributed by atoms with van der Waals surface area (Å²) in [5.41, 5.74) is 2.43. The molecule has 2 rings (SSSR count). The predicted octanol–water partition coefficient (Wildman–Crippen LogP) is 5.51. The molecule has 1 nitrogen and oxygen atoms in total. The highest BCUT2D eigenvalue weighted by Gasteiger charge is 2.14. The zero-order chi connectivity index (χ0) is 13.3. The zero-order valence-corrected chi connectivity index (χ0v) is 14.3. The second-order valence-corrected chi connectivity index (χ2v) is 6.54. The van der Waals surface area contributed by atoms with Gasteiger partial charge in [-0.25, -0.2) is 0 Å². The van der Waals surface area contributed by atoms with E-state index >= 15 is 0 Å². The Morgan fingerprint density at radius 3 is 2.17 bits per heavy atom. The molecule has 0 aromatic heterocycles. The van der Waals surface area contributed by atoms with E-state index in [4.69, 9.17) is 0 Å². The fourth-order valence-corrected chi connectivity index (χ4v) is 2.82. The Labute approximate surface area is 131 Å². The van der Waals surface area contributed by atoms with E-state index < -0.39 is 0 Å². The highest BCUT2D eigenvalue weighted by atomic mass is 79.9. The lowest BCUT2D eigenvalue weighted by Gasteiger charge is -2.07. The van der Waals surface area contributed by atoms with Crippen LogP contribution in [0.15, 0.2) is 49.8 Å². The first-order valence-electron chi connectivity index (χ1n) is 5.25. The molecule has 0 unspecified atom stereocenters. The van der Waals surface area contributed by atoms with Crippen LogP contribution in [0.2, 0.25) is 0 Å². The van der Waals surface area contributed by atoms with E-state index in [-0.39, 0.29) is 5.78 Å². The van der Waals surface area contributed by atoms with Gasteiger partial charge in [-0.05, 0) is 48.9 Å². The highest BCUT2D eigenvalue weighted by Crippen LogP contribution is 2.27. The molecule has 2 aromatic rings. The summed E-state index contributed by atoms with van der Waals surface area (Å²) in [6.45, 7) is 1.99. The summed E-state index contributed by atoms with van der Waals surface area (Å²) < 4.78 is 2.71. The summed E-state index contributed by atoms with van der Waals surface area (Å²) in [5, 5.41) is 0. The lowest BCUT2D eigenvalue weighted by Crippen LogP contribution is -2.02. The van der Waals surface area contributed by atoms with Crippen molar-refractivity contribution in [2.45, 2.75) is 6.92 Å². The number of hydrogen-bond acceptors (Lipinski definition) is 1. The molecule has 0 atom stereocenters. The van der Waals surface area contributed by atoms with Crippen LogP contribution in [0.3, 0.4) is 0 Å². The predicted molar refractivity (Wildman–Crippen MR) is 84.2 cm³/mol. The van der Waals surface area contributed by atoms with Crippen LogP contribution in [-0.2, 0) is 0 Å². The van der Waals surface area contributed by atoms with Crippen LogP contribution in [0.5, 0.6) is 0 Å². The van der Waals surface area contributed by atoms with Gasteiger partial charge in [-0.2, -0.15) is 0 Å². The minimum absolute atomic E-state index is 0.00933. The minimum atomic E-state index is 0.00933. The van der Waals surface area contributed by atoms with Gasteiger partial charge in [0.2, 0.25) is 0 Å². The molecule has 0 fully saturated rings. The summed E-state index contributed by atoms with van der Waals surface area (Å²) in [4.78, 5) is 12.4. The Bertz CT molecular complexity index is 603. The average Bonchev–Trinajstić information content (AvgIpc) is 2.34. The second-order valence-electron chi connectivity index (χ2n) is 3.92. The van der Waals surface area contributed by atoms with Crippen molar-refractivity contribution in [3.05, 3.63) is 66.5 Å². The van der Waals surface area contributed by atoms with Crippen molar-refractivity contribution in [2.75, 3.05) is 0 Å². The van der Waals surface area contributed by atoms with Crippen molar-refractivity contribution in [2.24, 2.45) is 0 Å². The summed E-state index contributed by atoms with van der Waals surface area (Å²) in [6.07, 6.45) is 0. The first-order valence-corrected chi connectivity index (χ1v) is 7.63. The van der Waals surface area contributed by atoms with Crippen LogP contribution < -0.4 is 0 Å². The number of carbonyl (C=O) groups is 1. The second kappa shape index (κ2) is 5.68. The molecule has 0 amide bonds. The molecule has 92 valence electrons. The number of benzene rings is 2. The molecule has 0 aliphatic rings. The third-order valence-corrected chi connectivity index (χ3v) is 4.64. The Balaban J connectivity index is 2.46. The molecule has 0 bridgehead atoms. The SMILES string of the molecule is Cc1cc(Br)c(C(=O)c2ccc(Br)cc2)cc1Br. The molecule has 18 heavy (non-hydrogen) atoms. The van der Waals surface area contributed by atoms with Crippen molar-refractivity contribution in [1.29, 1.82) is 0 Å².